The molecule has 4 heterocycles. The Morgan fingerprint density at radius 3 is 2.22 bits per heavy atom. The van der Waals surface area contributed by atoms with Gasteiger partial charge in [-0.3, -0.25) is 9.98 Å². The normalized spacial score (nSPS) is 13.9. The average molecular weight is 756 g/mol. The number of aromatic nitrogens is 2. The third-order valence-corrected chi connectivity index (χ3v) is 9.79. The quantitative estimate of drug-likeness (QED) is 0.154. The Bertz CT molecular complexity index is 2300. The van der Waals surface area contributed by atoms with Crippen LogP contribution in [0.5, 0.6) is 17.2 Å². The van der Waals surface area contributed by atoms with Crippen LogP contribution in [0.4, 0.5) is 24.7 Å². The Morgan fingerprint density at radius 2 is 1.63 bits per heavy atom. The third-order valence-electron chi connectivity index (χ3n) is 9.41. The van der Waals surface area contributed by atoms with Gasteiger partial charge in [-0.25, -0.2) is 4.98 Å². The maximum atomic E-state index is 15.1. The van der Waals surface area contributed by atoms with Gasteiger partial charge in [-0.15, -0.1) is 0 Å². The molecule has 1 atom stereocenters. The molecule has 1 unspecified atom stereocenters. The fourth-order valence-electron chi connectivity index (χ4n) is 6.69. The number of halogens is 4. The zero-order valence-electron chi connectivity index (χ0n) is 29.9. The second-order valence-corrected chi connectivity index (χ2v) is 13.3. The van der Waals surface area contributed by atoms with Crippen molar-refractivity contribution >= 4 is 28.9 Å². The van der Waals surface area contributed by atoms with Gasteiger partial charge in [0, 0.05) is 37.2 Å². The Labute approximate surface area is 315 Å². The van der Waals surface area contributed by atoms with Crippen LogP contribution < -0.4 is 40.7 Å². The molecule has 3 N–H and O–H groups in total. The van der Waals surface area contributed by atoms with Crippen LogP contribution in [0, 0.1) is 6.92 Å². The van der Waals surface area contributed by atoms with Gasteiger partial charge in [0.1, 0.15) is 41.8 Å². The second-order valence-electron chi connectivity index (χ2n) is 12.9. The predicted octanol–water partition coefficient (Wildman–Crippen LogP) is 7.10. The molecule has 54 heavy (non-hydrogen) atoms. The number of nitrogen functional groups attached to an aromatic ring is 1. The molecule has 0 amide bonds. The number of rotatable bonds is 10. The second kappa shape index (κ2) is 14.8. The smallest absolute Gasteiger partial charge is 0.418 e. The number of aryl methyl sites for hydroxylation is 1. The third kappa shape index (κ3) is 7.19. The summed E-state index contributed by atoms with van der Waals surface area (Å²) in [4.78, 5) is 17.5. The van der Waals surface area contributed by atoms with Crippen molar-refractivity contribution in [3.8, 4) is 28.5 Å². The number of nitrogens with two attached hydrogens (primary N) is 1. The van der Waals surface area contributed by atoms with E-state index in [0.29, 0.717) is 47.1 Å². The zero-order chi connectivity index (χ0) is 38.1. The van der Waals surface area contributed by atoms with Gasteiger partial charge in [0.15, 0.2) is 0 Å². The number of hydrogen-bond donors (Lipinski definition) is 2. The topological polar surface area (TPSA) is 110 Å². The van der Waals surface area contributed by atoms with Crippen LogP contribution in [0.15, 0.2) is 96.6 Å². The number of anilines is 2. The number of nitrogens with zero attached hydrogens (tertiary/aromatic N) is 5. The molecule has 0 saturated carbocycles. The lowest BCUT2D eigenvalue weighted by molar-refractivity contribution is -0.137. The summed E-state index contributed by atoms with van der Waals surface area (Å²) in [5.74, 6) is 2.57. The largest absolute Gasteiger partial charge is 0.497 e. The van der Waals surface area contributed by atoms with E-state index in [4.69, 9.17) is 36.5 Å². The molecule has 0 radical (unpaired) electrons. The molecule has 5 aromatic rings. The molecule has 0 spiro atoms. The molecule has 0 aliphatic carbocycles. The van der Waals surface area contributed by atoms with E-state index in [2.05, 4.69) is 15.3 Å². The number of ether oxygens (including phenoxy) is 3. The number of hydrogen-bond acceptors (Lipinski definition) is 10. The maximum absolute atomic E-state index is 15.1. The summed E-state index contributed by atoms with van der Waals surface area (Å²) in [6.07, 6.45) is 1.73. The van der Waals surface area contributed by atoms with Crippen molar-refractivity contribution in [1.29, 1.82) is 0 Å². The lowest BCUT2D eigenvalue weighted by atomic mass is 9.99. The van der Waals surface area contributed by atoms with Crippen molar-refractivity contribution in [2.45, 2.75) is 39.2 Å². The van der Waals surface area contributed by atoms with E-state index in [9.17, 15) is 0 Å². The first-order chi connectivity index (χ1) is 25.9. The fourth-order valence-corrected chi connectivity index (χ4v) is 6.99. The van der Waals surface area contributed by atoms with Gasteiger partial charge < -0.3 is 35.1 Å². The van der Waals surface area contributed by atoms with E-state index in [-0.39, 0.29) is 45.7 Å². The summed E-state index contributed by atoms with van der Waals surface area (Å²) in [7, 11) is 3.17. The molecule has 278 valence electrons. The number of benzene rings is 3. The molecular weight excluding hydrogens is 719 g/mol. The van der Waals surface area contributed by atoms with Crippen molar-refractivity contribution in [2.75, 3.05) is 31.5 Å². The Hall–Kier alpha value is -5.95. The number of nitrogens with one attached hydrogen (secondary N) is 1. The summed E-state index contributed by atoms with van der Waals surface area (Å²) in [5, 5.41) is 4.11. The monoisotopic (exact) mass is 755 g/mol. The van der Waals surface area contributed by atoms with Gasteiger partial charge in [0.2, 0.25) is 0 Å². The van der Waals surface area contributed by atoms with Crippen LogP contribution in [0.3, 0.4) is 0 Å². The standard InChI is InChI=1S/C40H37ClF3N7O3/c1-23-15-33(50(20-25-5-9-29(52-3)10-6-25)21-26-7-11-30(53-4)12-8-26)49-37(35(23)40(42,43)44)31-17-32-34-38(36(31)41)47-22-48-39(34)51(13-14-54-32)24(2)27-16-28(45)19-46-18-27/h5-19,24,48H,20-22,45H2,1-4H3. The van der Waals surface area contributed by atoms with Crippen molar-refractivity contribution in [3.63, 3.8) is 0 Å². The summed E-state index contributed by atoms with van der Waals surface area (Å²) in [5.41, 5.74) is 7.97. The summed E-state index contributed by atoms with van der Waals surface area (Å²) in [6.45, 7) is 4.19. The van der Waals surface area contributed by atoms with Gasteiger partial charge >= 0.3 is 6.18 Å². The van der Waals surface area contributed by atoms with Gasteiger partial charge in [-0.1, -0.05) is 35.9 Å². The maximum Gasteiger partial charge on any atom is 0.418 e. The highest BCUT2D eigenvalue weighted by Gasteiger charge is 2.38. The summed E-state index contributed by atoms with van der Waals surface area (Å²) >= 11 is 7.12. The number of pyridine rings is 2. The van der Waals surface area contributed by atoms with E-state index in [0.717, 1.165) is 16.7 Å². The van der Waals surface area contributed by atoms with Crippen molar-refractivity contribution in [3.05, 3.63) is 135 Å². The lowest BCUT2D eigenvalue weighted by Gasteiger charge is -2.31. The first kappa shape index (κ1) is 36.4. The SMILES string of the molecule is COc1ccc(CN(Cc2ccc(OC)cc2)c2cc(C)c(C(F)(F)F)c(-c3cc4c5c(c3Cl)=NCNC=5N(C(C)c3cncc(N)c3)C=CO4)n2)cc1. The minimum Gasteiger partial charge on any atom is -0.497 e. The van der Waals surface area contributed by atoms with E-state index in [1.165, 1.54) is 25.3 Å². The van der Waals surface area contributed by atoms with Gasteiger partial charge in [-0.2, -0.15) is 13.2 Å². The van der Waals surface area contributed by atoms with Crippen molar-refractivity contribution in [1.82, 2.24) is 20.2 Å². The molecule has 7 rings (SSSR count). The minimum absolute atomic E-state index is 0.0148. The predicted molar refractivity (Wildman–Crippen MR) is 201 cm³/mol. The van der Waals surface area contributed by atoms with Gasteiger partial charge in [0.25, 0.3) is 0 Å². The highest BCUT2D eigenvalue weighted by atomic mass is 35.5. The molecule has 14 heteroatoms. The van der Waals surface area contributed by atoms with Crippen molar-refractivity contribution in [2.24, 2.45) is 4.99 Å². The number of alkyl halides is 3. The Kier molecular flexibility index (Phi) is 9.99. The zero-order valence-corrected chi connectivity index (χ0v) is 30.7. The molecule has 0 saturated heterocycles. The van der Waals surface area contributed by atoms with Gasteiger partial charge in [0.05, 0.1) is 52.8 Å². The van der Waals surface area contributed by atoms with Crippen molar-refractivity contribution < 1.29 is 27.4 Å². The van der Waals surface area contributed by atoms with E-state index in [1.807, 2.05) is 71.3 Å². The van der Waals surface area contributed by atoms with Crippen LogP contribution in [-0.4, -0.2) is 35.8 Å². The van der Waals surface area contributed by atoms with E-state index in [1.54, 1.807) is 32.8 Å². The molecule has 0 fully saturated rings. The van der Waals surface area contributed by atoms with Crippen LogP contribution in [0.2, 0.25) is 5.02 Å². The van der Waals surface area contributed by atoms with Gasteiger partial charge in [-0.05, 0) is 78.6 Å². The first-order valence-electron chi connectivity index (χ1n) is 17.0. The number of methoxy groups -OCH3 is 2. The first-order valence-corrected chi connectivity index (χ1v) is 17.4. The Balaban J connectivity index is 1.39. The molecule has 10 nitrogen and oxygen atoms in total. The fraction of sp³-hybridized carbons (Fsp3) is 0.225. The molecular formula is C40H37ClF3N7O3. The molecule has 2 aromatic heterocycles. The lowest BCUT2D eigenvalue weighted by Crippen LogP contribution is -2.44. The molecule has 0 bridgehead atoms. The Morgan fingerprint density at radius 1 is 0.981 bits per heavy atom. The van der Waals surface area contributed by atoms with Crippen LogP contribution >= 0.6 is 11.6 Å². The van der Waals surface area contributed by atoms with Crippen LogP contribution in [0.1, 0.15) is 40.8 Å². The van der Waals surface area contributed by atoms with E-state index < -0.39 is 11.7 Å². The summed E-state index contributed by atoms with van der Waals surface area (Å²) in [6, 6.07) is 19.5. The van der Waals surface area contributed by atoms with Crippen LogP contribution in [0.25, 0.3) is 17.1 Å². The van der Waals surface area contributed by atoms with Crippen LogP contribution in [-0.2, 0) is 19.3 Å². The molecule has 3 aromatic carbocycles. The highest BCUT2D eigenvalue weighted by Crippen LogP contribution is 2.42. The molecule has 2 aliphatic heterocycles. The summed E-state index contributed by atoms with van der Waals surface area (Å²) < 4.78 is 62.0. The highest BCUT2D eigenvalue weighted by molar-refractivity contribution is 6.33. The minimum atomic E-state index is -4.76. The average Bonchev–Trinajstić information content (AvgIpc) is 3.35. The van der Waals surface area contributed by atoms with E-state index >= 15 is 13.2 Å². The molecule has 2 aliphatic rings.